The van der Waals surface area contributed by atoms with E-state index < -0.39 is 5.54 Å². The molecule has 0 radical (unpaired) electrons. The van der Waals surface area contributed by atoms with Crippen molar-refractivity contribution in [3.8, 4) is 11.1 Å². The van der Waals surface area contributed by atoms with Crippen molar-refractivity contribution in [2.24, 2.45) is 0 Å². The highest BCUT2D eigenvalue weighted by Crippen LogP contribution is 2.42. The van der Waals surface area contributed by atoms with E-state index in [0.717, 1.165) is 57.6 Å². The Hall–Kier alpha value is -4.96. The Balaban J connectivity index is 1.40. The molecule has 0 saturated carbocycles. The first kappa shape index (κ1) is 25.0. The second kappa shape index (κ2) is 10.2. The molecule has 0 unspecified atom stereocenters. The number of fused-ring (bicyclic) bond motifs is 3. The SMILES string of the molecule is Cc1c(Cn2ccc3c(c2=O)-c2ccccc2CC3)ncn1C(c1ccccc1)(c1ccccc1)c1ccccc1. The van der Waals surface area contributed by atoms with Crippen molar-refractivity contribution < 1.29 is 0 Å². The van der Waals surface area contributed by atoms with E-state index in [0.29, 0.717) is 6.54 Å². The third kappa shape index (κ3) is 4.06. The van der Waals surface area contributed by atoms with Gasteiger partial charge in [0.05, 0.1) is 24.1 Å². The number of imidazole rings is 1. The van der Waals surface area contributed by atoms with Gasteiger partial charge >= 0.3 is 0 Å². The number of benzene rings is 4. The van der Waals surface area contributed by atoms with E-state index in [1.54, 1.807) is 0 Å². The molecule has 0 saturated heterocycles. The molecule has 0 spiro atoms. The van der Waals surface area contributed by atoms with Crippen molar-refractivity contribution in [1.82, 2.24) is 14.1 Å². The second-order valence-corrected chi connectivity index (χ2v) is 10.8. The Labute approximate surface area is 240 Å². The monoisotopic (exact) mass is 533 g/mol. The predicted molar refractivity (Wildman–Crippen MR) is 164 cm³/mol. The molecule has 4 heteroatoms. The van der Waals surface area contributed by atoms with Gasteiger partial charge in [-0.3, -0.25) is 4.79 Å². The van der Waals surface area contributed by atoms with Crippen LogP contribution >= 0.6 is 0 Å². The largest absolute Gasteiger partial charge is 0.316 e. The summed E-state index contributed by atoms with van der Waals surface area (Å²) in [5.74, 6) is 0. The number of aryl methyl sites for hydroxylation is 2. The van der Waals surface area contributed by atoms with Crippen molar-refractivity contribution >= 4 is 0 Å². The third-order valence-corrected chi connectivity index (χ3v) is 8.57. The van der Waals surface area contributed by atoms with Gasteiger partial charge in [-0.15, -0.1) is 0 Å². The van der Waals surface area contributed by atoms with Crippen LogP contribution in [0.2, 0.25) is 0 Å². The van der Waals surface area contributed by atoms with E-state index >= 15 is 0 Å². The highest BCUT2D eigenvalue weighted by Gasteiger charge is 2.39. The van der Waals surface area contributed by atoms with Crippen LogP contribution < -0.4 is 5.56 Å². The molecule has 0 N–H and O–H groups in total. The molecule has 2 heterocycles. The predicted octanol–water partition coefficient (Wildman–Crippen LogP) is 7.01. The summed E-state index contributed by atoms with van der Waals surface area (Å²) in [6, 6.07) is 42.2. The van der Waals surface area contributed by atoms with E-state index in [4.69, 9.17) is 4.98 Å². The van der Waals surface area contributed by atoms with Crippen LogP contribution in [0, 0.1) is 6.92 Å². The Morgan fingerprint density at radius 1 is 0.683 bits per heavy atom. The summed E-state index contributed by atoms with van der Waals surface area (Å²) >= 11 is 0. The zero-order valence-corrected chi connectivity index (χ0v) is 23.1. The van der Waals surface area contributed by atoms with E-state index in [2.05, 4.69) is 127 Å². The van der Waals surface area contributed by atoms with Gasteiger partial charge in [-0.05, 0) is 59.2 Å². The number of nitrogens with zero attached hydrogens (tertiary/aromatic N) is 3. The maximum absolute atomic E-state index is 13.9. The minimum absolute atomic E-state index is 0.0454. The third-order valence-electron chi connectivity index (χ3n) is 8.57. The minimum atomic E-state index is -0.640. The van der Waals surface area contributed by atoms with Gasteiger partial charge in [0.2, 0.25) is 0 Å². The van der Waals surface area contributed by atoms with Crippen molar-refractivity contribution in [1.29, 1.82) is 0 Å². The molecule has 0 fully saturated rings. The van der Waals surface area contributed by atoms with Gasteiger partial charge in [0.15, 0.2) is 0 Å². The van der Waals surface area contributed by atoms with Crippen LogP contribution in [0.4, 0.5) is 0 Å². The molecule has 1 aliphatic rings. The van der Waals surface area contributed by atoms with Gasteiger partial charge in [-0.25, -0.2) is 4.98 Å². The Bertz CT molecular complexity index is 1790. The molecular formula is C37H31N3O. The van der Waals surface area contributed by atoms with Crippen LogP contribution in [0.3, 0.4) is 0 Å². The Morgan fingerprint density at radius 3 is 1.83 bits per heavy atom. The average molecular weight is 534 g/mol. The standard InChI is InChI=1S/C37H31N3O/c1-27-34(25-39-24-23-29-22-21-28-13-11-12-20-33(28)35(29)36(39)41)38-26-40(27)37(30-14-5-2-6-15-30,31-16-7-3-8-17-31)32-18-9-4-10-19-32/h2-20,23-24,26H,21-22,25H2,1H3. The fraction of sp³-hybridized carbons (Fsp3) is 0.135. The number of aromatic nitrogens is 3. The van der Waals surface area contributed by atoms with Crippen LogP contribution in [-0.4, -0.2) is 14.1 Å². The molecule has 0 amide bonds. The van der Waals surface area contributed by atoms with Crippen molar-refractivity contribution in [3.63, 3.8) is 0 Å². The van der Waals surface area contributed by atoms with Crippen LogP contribution in [-0.2, 0) is 24.9 Å². The fourth-order valence-electron chi connectivity index (χ4n) is 6.54. The number of pyridine rings is 1. The first-order valence-electron chi connectivity index (χ1n) is 14.2. The lowest BCUT2D eigenvalue weighted by atomic mass is 9.76. The van der Waals surface area contributed by atoms with E-state index in [-0.39, 0.29) is 5.56 Å². The molecule has 6 aromatic rings. The summed E-state index contributed by atoms with van der Waals surface area (Å²) in [5, 5.41) is 0. The van der Waals surface area contributed by atoms with Gasteiger partial charge in [0.25, 0.3) is 5.56 Å². The first-order valence-corrected chi connectivity index (χ1v) is 14.2. The molecule has 0 atom stereocenters. The second-order valence-electron chi connectivity index (χ2n) is 10.8. The molecule has 7 rings (SSSR count). The lowest BCUT2D eigenvalue weighted by Gasteiger charge is -2.38. The smallest absolute Gasteiger partial charge is 0.259 e. The number of rotatable bonds is 6. The fourth-order valence-corrected chi connectivity index (χ4v) is 6.54. The highest BCUT2D eigenvalue weighted by molar-refractivity contribution is 5.72. The van der Waals surface area contributed by atoms with E-state index in [1.807, 2.05) is 23.2 Å². The molecule has 4 nitrogen and oxygen atoms in total. The summed E-state index contributed by atoms with van der Waals surface area (Å²) < 4.78 is 4.09. The molecule has 1 aliphatic carbocycles. The topological polar surface area (TPSA) is 39.8 Å². The van der Waals surface area contributed by atoms with Crippen LogP contribution in [0.1, 0.15) is 39.2 Å². The summed E-state index contributed by atoms with van der Waals surface area (Å²) in [6.07, 6.45) is 5.74. The molecule has 2 aromatic heterocycles. The van der Waals surface area contributed by atoms with Crippen molar-refractivity contribution in [3.05, 3.63) is 183 Å². The summed E-state index contributed by atoms with van der Waals surface area (Å²) in [6.45, 7) is 2.52. The van der Waals surface area contributed by atoms with Gasteiger partial charge in [0, 0.05) is 11.9 Å². The van der Waals surface area contributed by atoms with E-state index in [1.165, 1.54) is 5.56 Å². The van der Waals surface area contributed by atoms with Crippen molar-refractivity contribution in [2.75, 3.05) is 0 Å². The maximum atomic E-state index is 13.9. The van der Waals surface area contributed by atoms with Crippen LogP contribution in [0.25, 0.3) is 11.1 Å². The highest BCUT2D eigenvalue weighted by atomic mass is 16.1. The Morgan fingerprint density at radius 2 is 1.22 bits per heavy atom. The summed E-state index contributed by atoms with van der Waals surface area (Å²) in [5.41, 5.74) is 9.01. The van der Waals surface area contributed by atoms with Crippen LogP contribution in [0.15, 0.2) is 139 Å². The van der Waals surface area contributed by atoms with Crippen molar-refractivity contribution in [2.45, 2.75) is 31.8 Å². The molecule has 0 aliphatic heterocycles. The van der Waals surface area contributed by atoms with Gasteiger partial charge in [-0.2, -0.15) is 0 Å². The Kier molecular flexibility index (Phi) is 6.24. The van der Waals surface area contributed by atoms with Gasteiger partial charge in [-0.1, -0.05) is 115 Å². The maximum Gasteiger partial charge on any atom is 0.259 e. The molecular weight excluding hydrogens is 502 g/mol. The lowest BCUT2D eigenvalue weighted by Crippen LogP contribution is -2.38. The molecule has 0 bridgehead atoms. The summed E-state index contributed by atoms with van der Waals surface area (Å²) in [7, 11) is 0. The van der Waals surface area contributed by atoms with Gasteiger partial charge < -0.3 is 9.13 Å². The first-order chi connectivity index (χ1) is 20.2. The summed E-state index contributed by atoms with van der Waals surface area (Å²) in [4.78, 5) is 18.8. The zero-order chi connectivity index (χ0) is 27.8. The number of hydrogen-bond donors (Lipinski definition) is 0. The number of hydrogen-bond acceptors (Lipinski definition) is 2. The van der Waals surface area contributed by atoms with E-state index in [9.17, 15) is 4.79 Å². The molecule has 200 valence electrons. The molecule has 41 heavy (non-hydrogen) atoms. The van der Waals surface area contributed by atoms with Crippen LogP contribution in [0.5, 0.6) is 0 Å². The molecule has 4 aromatic carbocycles. The average Bonchev–Trinajstić information content (AvgIpc) is 3.40. The quantitative estimate of drug-likeness (QED) is 0.216. The minimum Gasteiger partial charge on any atom is -0.316 e. The zero-order valence-electron chi connectivity index (χ0n) is 23.1. The lowest BCUT2D eigenvalue weighted by molar-refractivity contribution is 0.502. The normalized spacial score (nSPS) is 12.5. The van der Waals surface area contributed by atoms with Gasteiger partial charge in [0.1, 0.15) is 5.54 Å².